The summed E-state index contributed by atoms with van der Waals surface area (Å²) in [4.78, 5) is 14.7. The van der Waals surface area contributed by atoms with Crippen LogP contribution in [0.2, 0.25) is 0 Å². The average molecular weight is 459 g/mol. The Morgan fingerprint density at radius 1 is 1.13 bits per heavy atom. The average Bonchev–Trinajstić information content (AvgIpc) is 3.34. The van der Waals surface area contributed by atoms with E-state index in [0.29, 0.717) is 36.7 Å². The first-order chi connectivity index (χ1) is 14.9. The van der Waals surface area contributed by atoms with Crippen molar-refractivity contribution in [3.05, 3.63) is 59.5 Å². The molecule has 1 aliphatic rings. The van der Waals surface area contributed by atoms with Gasteiger partial charge in [0.05, 0.1) is 7.11 Å². The van der Waals surface area contributed by atoms with Crippen molar-refractivity contribution in [3.8, 4) is 5.75 Å². The van der Waals surface area contributed by atoms with Gasteiger partial charge in [-0.3, -0.25) is 4.79 Å². The molecule has 4 rings (SSSR count). The predicted molar refractivity (Wildman–Crippen MR) is 123 cm³/mol. The Labute approximate surface area is 187 Å². The first kappa shape index (κ1) is 21.8. The molecule has 1 aromatic heterocycles. The zero-order valence-corrected chi connectivity index (χ0v) is 19.3. The molecule has 0 radical (unpaired) electrons. The summed E-state index contributed by atoms with van der Waals surface area (Å²) in [5.41, 5.74) is 1.06. The van der Waals surface area contributed by atoms with Crippen LogP contribution in [0.3, 0.4) is 0 Å². The van der Waals surface area contributed by atoms with Crippen LogP contribution in [0.5, 0.6) is 5.75 Å². The molecule has 0 bridgehead atoms. The van der Waals surface area contributed by atoms with Crippen LogP contribution >= 0.6 is 11.3 Å². The van der Waals surface area contributed by atoms with Gasteiger partial charge in [-0.05, 0) is 58.8 Å². The van der Waals surface area contributed by atoms with Gasteiger partial charge in [0.2, 0.25) is 5.91 Å². The van der Waals surface area contributed by atoms with E-state index in [0.717, 1.165) is 22.1 Å². The van der Waals surface area contributed by atoms with Gasteiger partial charge in [0.15, 0.2) is 0 Å². The summed E-state index contributed by atoms with van der Waals surface area (Å²) in [5.74, 6) is 0.743. The fourth-order valence-corrected chi connectivity index (χ4v) is 6.66. The van der Waals surface area contributed by atoms with Crippen LogP contribution in [-0.2, 0) is 21.4 Å². The summed E-state index contributed by atoms with van der Waals surface area (Å²) in [5, 5.41) is 3.96. The van der Waals surface area contributed by atoms with Crippen molar-refractivity contribution >= 4 is 38.0 Å². The number of sulfonamides is 1. The van der Waals surface area contributed by atoms with E-state index in [1.54, 1.807) is 29.5 Å². The lowest BCUT2D eigenvalue weighted by atomic mass is 9.96. The fourth-order valence-electron chi connectivity index (χ4n) is 4.04. The van der Waals surface area contributed by atoms with Crippen LogP contribution in [0.15, 0.2) is 58.1 Å². The topological polar surface area (TPSA) is 66.9 Å². The molecule has 0 unspecified atom stereocenters. The van der Waals surface area contributed by atoms with Crippen LogP contribution in [0.1, 0.15) is 18.4 Å². The summed E-state index contributed by atoms with van der Waals surface area (Å²) in [7, 11) is 0.0213. The largest absolute Gasteiger partial charge is 0.497 e. The molecule has 0 spiro atoms. The van der Waals surface area contributed by atoms with Gasteiger partial charge in [-0.25, -0.2) is 8.42 Å². The Balaban J connectivity index is 1.37. The highest BCUT2D eigenvalue weighted by molar-refractivity contribution is 7.91. The van der Waals surface area contributed by atoms with Gasteiger partial charge in [-0.15, -0.1) is 11.3 Å². The Hall–Kier alpha value is -2.42. The first-order valence-corrected chi connectivity index (χ1v) is 12.6. The van der Waals surface area contributed by atoms with Gasteiger partial charge in [0.1, 0.15) is 9.96 Å². The van der Waals surface area contributed by atoms with Gasteiger partial charge < -0.3 is 9.64 Å². The second-order valence-corrected chi connectivity index (χ2v) is 11.0. The number of piperidine rings is 1. The van der Waals surface area contributed by atoms with Crippen molar-refractivity contribution in [2.75, 3.05) is 27.2 Å². The second-order valence-electron chi connectivity index (χ2n) is 7.85. The van der Waals surface area contributed by atoms with Crippen molar-refractivity contribution in [1.82, 2.24) is 9.21 Å². The van der Waals surface area contributed by atoms with Gasteiger partial charge in [0.25, 0.3) is 10.0 Å². The number of rotatable bonds is 6. The number of amides is 1. The highest BCUT2D eigenvalue weighted by Gasteiger charge is 2.33. The van der Waals surface area contributed by atoms with Crippen molar-refractivity contribution in [3.63, 3.8) is 0 Å². The van der Waals surface area contributed by atoms with E-state index in [-0.39, 0.29) is 11.8 Å². The Kier molecular flexibility index (Phi) is 6.31. The summed E-state index contributed by atoms with van der Waals surface area (Å²) in [6.07, 6.45) is 1.09. The molecule has 0 aliphatic carbocycles. The van der Waals surface area contributed by atoms with E-state index in [1.165, 1.54) is 15.6 Å². The molecule has 0 atom stereocenters. The van der Waals surface area contributed by atoms with E-state index in [9.17, 15) is 13.2 Å². The number of carbonyl (C=O) groups is 1. The first-order valence-electron chi connectivity index (χ1n) is 10.2. The molecule has 2 heterocycles. The van der Waals surface area contributed by atoms with Crippen LogP contribution in [0, 0.1) is 5.92 Å². The summed E-state index contributed by atoms with van der Waals surface area (Å²) >= 11 is 1.23. The summed E-state index contributed by atoms with van der Waals surface area (Å²) in [6, 6.07) is 15.5. The van der Waals surface area contributed by atoms with E-state index < -0.39 is 10.0 Å². The van der Waals surface area contributed by atoms with Gasteiger partial charge in [-0.2, -0.15) is 4.31 Å². The van der Waals surface area contributed by atoms with Gasteiger partial charge >= 0.3 is 0 Å². The minimum atomic E-state index is -3.44. The molecule has 164 valence electrons. The lowest BCUT2D eigenvalue weighted by molar-refractivity contribution is -0.135. The number of fused-ring (bicyclic) bond motifs is 1. The predicted octanol–water partition coefficient (Wildman–Crippen LogP) is 3.97. The zero-order valence-electron chi connectivity index (χ0n) is 17.7. The molecule has 1 fully saturated rings. The maximum atomic E-state index is 13.0. The SMILES string of the molecule is COc1ccc2cc(CN(C)C(=O)C3CCN(S(=O)(=O)c4cccs4)CC3)ccc2c1. The van der Waals surface area contributed by atoms with Gasteiger partial charge in [-0.1, -0.05) is 24.3 Å². The molecule has 1 saturated heterocycles. The van der Waals surface area contributed by atoms with Crippen LogP contribution in [0.4, 0.5) is 0 Å². The summed E-state index contributed by atoms with van der Waals surface area (Å²) in [6.45, 7) is 1.28. The number of benzene rings is 2. The highest BCUT2D eigenvalue weighted by atomic mass is 32.2. The quantitative estimate of drug-likeness (QED) is 0.561. The number of thiophene rings is 1. The van der Waals surface area contributed by atoms with Crippen molar-refractivity contribution in [2.45, 2.75) is 23.6 Å². The molecule has 3 aromatic rings. The normalized spacial score (nSPS) is 15.8. The Morgan fingerprint density at radius 3 is 2.52 bits per heavy atom. The molecule has 0 N–H and O–H groups in total. The van der Waals surface area contributed by atoms with Crippen molar-refractivity contribution < 1.29 is 17.9 Å². The molecule has 1 aliphatic heterocycles. The fraction of sp³-hybridized carbons (Fsp3) is 0.348. The van der Waals surface area contributed by atoms with Crippen molar-refractivity contribution in [1.29, 1.82) is 0 Å². The summed E-state index contributed by atoms with van der Waals surface area (Å²) < 4.78 is 32.5. The molecular formula is C23H26N2O4S2. The van der Waals surface area contributed by atoms with E-state index in [1.807, 2.05) is 37.4 Å². The van der Waals surface area contributed by atoms with E-state index in [4.69, 9.17) is 4.74 Å². The second kappa shape index (κ2) is 8.98. The third-order valence-electron chi connectivity index (χ3n) is 5.80. The maximum absolute atomic E-state index is 13.0. The molecule has 2 aromatic carbocycles. The van der Waals surface area contributed by atoms with Gasteiger partial charge in [0, 0.05) is 32.6 Å². The van der Waals surface area contributed by atoms with E-state index in [2.05, 4.69) is 6.07 Å². The number of hydrogen-bond donors (Lipinski definition) is 0. The molecule has 1 amide bonds. The van der Waals surface area contributed by atoms with Crippen LogP contribution < -0.4 is 4.74 Å². The van der Waals surface area contributed by atoms with E-state index >= 15 is 0 Å². The number of nitrogens with zero attached hydrogens (tertiary/aromatic N) is 2. The third kappa shape index (κ3) is 4.61. The Morgan fingerprint density at radius 2 is 1.84 bits per heavy atom. The van der Waals surface area contributed by atoms with Crippen LogP contribution in [0.25, 0.3) is 10.8 Å². The number of methoxy groups -OCH3 is 1. The maximum Gasteiger partial charge on any atom is 0.252 e. The smallest absolute Gasteiger partial charge is 0.252 e. The highest BCUT2D eigenvalue weighted by Crippen LogP contribution is 2.28. The number of hydrogen-bond acceptors (Lipinski definition) is 5. The molecule has 6 nitrogen and oxygen atoms in total. The standard InChI is InChI=1S/C23H26N2O4S2/c1-24(16-17-5-6-20-15-21(29-2)8-7-19(20)14-17)23(26)18-9-11-25(12-10-18)31(27,28)22-4-3-13-30-22/h3-8,13-15,18H,9-12,16H2,1-2H3. The van der Waals surface area contributed by atoms with Crippen LogP contribution in [-0.4, -0.2) is 50.8 Å². The number of ether oxygens (including phenoxy) is 1. The Bertz CT molecular complexity index is 1170. The molecule has 8 heteroatoms. The van der Waals surface area contributed by atoms with Crippen molar-refractivity contribution in [2.24, 2.45) is 5.92 Å². The molecule has 0 saturated carbocycles. The minimum absolute atomic E-state index is 0.0722. The zero-order chi connectivity index (χ0) is 22.0. The lowest BCUT2D eigenvalue weighted by Gasteiger charge is -2.32. The third-order valence-corrected chi connectivity index (χ3v) is 9.07. The molecule has 31 heavy (non-hydrogen) atoms. The number of carbonyl (C=O) groups excluding carboxylic acids is 1. The monoisotopic (exact) mass is 458 g/mol. The lowest BCUT2D eigenvalue weighted by Crippen LogP contribution is -2.43. The minimum Gasteiger partial charge on any atom is -0.497 e. The molecular weight excluding hydrogens is 432 g/mol.